The molecule has 0 saturated carbocycles. The van der Waals surface area contributed by atoms with E-state index in [4.69, 9.17) is 15.7 Å². The molecule has 5 nitrogen and oxygen atoms in total. The quantitative estimate of drug-likeness (QED) is 0.775. The largest absolute Gasteiger partial charge is 0.380 e. The van der Waals surface area contributed by atoms with E-state index in [1.54, 1.807) is 7.11 Å². The van der Waals surface area contributed by atoms with Crippen LogP contribution in [0.2, 0.25) is 0 Å². The van der Waals surface area contributed by atoms with Gasteiger partial charge in [-0.1, -0.05) is 18.2 Å². The number of H-pyrrole nitrogens is 1. The number of benzene rings is 2. The topological polar surface area (TPSA) is 87.7 Å². The van der Waals surface area contributed by atoms with Gasteiger partial charge < -0.3 is 15.5 Å². The zero-order chi connectivity index (χ0) is 16.4. The summed E-state index contributed by atoms with van der Waals surface area (Å²) in [6, 6.07) is 15.4. The maximum Gasteiger partial charge on any atom is 0.126 e. The van der Waals surface area contributed by atoms with Crippen LogP contribution in [0.3, 0.4) is 0 Å². The van der Waals surface area contributed by atoms with Gasteiger partial charge in [-0.15, -0.1) is 0 Å². The zero-order valence-electron chi connectivity index (χ0n) is 13.1. The fourth-order valence-electron chi connectivity index (χ4n) is 2.47. The monoisotopic (exact) mass is 306 g/mol. The van der Waals surface area contributed by atoms with E-state index in [0.29, 0.717) is 11.4 Å². The Kier molecular flexibility index (Phi) is 4.11. The molecule has 3 rings (SSSR count). The van der Waals surface area contributed by atoms with Crippen LogP contribution in [0.15, 0.2) is 42.5 Å². The van der Waals surface area contributed by atoms with Crippen LogP contribution in [0.25, 0.3) is 22.2 Å². The van der Waals surface area contributed by atoms with Gasteiger partial charge >= 0.3 is 0 Å². The lowest BCUT2D eigenvalue weighted by molar-refractivity contribution is 0.0935. The van der Waals surface area contributed by atoms with Gasteiger partial charge in [0, 0.05) is 7.11 Å². The molecule has 0 aliphatic heterocycles. The Hall–Kier alpha value is -2.68. The van der Waals surface area contributed by atoms with Gasteiger partial charge in [-0.05, 0) is 42.3 Å². The Bertz CT molecular complexity index is 861. The van der Waals surface area contributed by atoms with E-state index in [9.17, 15) is 0 Å². The molecule has 23 heavy (non-hydrogen) atoms. The smallest absolute Gasteiger partial charge is 0.126 e. The highest BCUT2D eigenvalue weighted by Gasteiger charge is 2.18. The van der Waals surface area contributed by atoms with Crippen molar-refractivity contribution in [1.82, 2.24) is 9.97 Å². The first kappa shape index (κ1) is 15.2. The first-order valence-corrected chi connectivity index (χ1v) is 7.41. The molecule has 2 atom stereocenters. The van der Waals surface area contributed by atoms with Gasteiger partial charge in [-0.2, -0.15) is 5.26 Å². The van der Waals surface area contributed by atoms with Crippen molar-refractivity contribution in [3.63, 3.8) is 0 Å². The van der Waals surface area contributed by atoms with E-state index in [-0.39, 0.29) is 12.1 Å². The first-order valence-electron chi connectivity index (χ1n) is 7.41. The summed E-state index contributed by atoms with van der Waals surface area (Å²) < 4.78 is 5.27. The minimum Gasteiger partial charge on any atom is -0.380 e. The van der Waals surface area contributed by atoms with Crippen LogP contribution in [-0.4, -0.2) is 23.2 Å². The molecule has 5 heteroatoms. The van der Waals surface area contributed by atoms with Crippen molar-refractivity contribution in [2.75, 3.05) is 7.11 Å². The van der Waals surface area contributed by atoms with E-state index in [1.807, 2.05) is 49.4 Å². The molecule has 1 aromatic heterocycles. The lowest BCUT2D eigenvalue weighted by Gasteiger charge is -2.15. The second-order valence-corrected chi connectivity index (χ2v) is 5.51. The lowest BCUT2D eigenvalue weighted by atomic mass is 10.0. The van der Waals surface area contributed by atoms with Gasteiger partial charge in [0.05, 0.1) is 34.8 Å². The van der Waals surface area contributed by atoms with Crippen molar-refractivity contribution in [3.05, 3.63) is 53.9 Å². The van der Waals surface area contributed by atoms with Crippen molar-refractivity contribution in [3.8, 4) is 17.2 Å². The fourth-order valence-corrected chi connectivity index (χ4v) is 2.47. The Morgan fingerprint density at radius 2 is 1.87 bits per heavy atom. The molecule has 0 aliphatic carbocycles. The van der Waals surface area contributed by atoms with Crippen LogP contribution in [0.1, 0.15) is 24.4 Å². The number of fused-ring (bicyclic) bond motifs is 1. The van der Waals surface area contributed by atoms with Crippen LogP contribution in [0.4, 0.5) is 0 Å². The molecule has 0 amide bonds. The fraction of sp³-hybridized carbons (Fsp3) is 0.222. The van der Waals surface area contributed by atoms with Gasteiger partial charge in [0.1, 0.15) is 5.82 Å². The minimum atomic E-state index is -0.300. The summed E-state index contributed by atoms with van der Waals surface area (Å²) in [5.41, 5.74) is 10.7. The molecule has 0 spiro atoms. The average molecular weight is 306 g/mol. The van der Waals surface area contributed by atoms with Crippen molar-refractivity contribution < 1.29 is 4.74 Å². The predicted molar refractivity (Wildman–Crippen MR) is 89.6 cm³/mol. The normalized spacial score (nSPS) is 13.7. The van der Waals surface area contributed by atoms with E-state index < -0.39 is 0 Å². The molecular weight excluding hydrogens is 288 g/mol. The molecule has 0 unspecified atom stereocenters. The molecule has 0 saturated heterocycles. The number of hydrogen-bond donors (Lipinski definition) is 2. The van der Waals surface area contributed by atoms with E-state index in [0.717, 1.165) is 22.2 Å². The van der Waals surface area contributed by atoms with Gasteiger partial charge in [0.15, 0.2) is 0 Å². The summed E-state index contributed by atoms with van der Waals surface area (Å²) in [4.78, 5) is 7.82. The first-order chi connectivity index (χ1) is 11.1. The number of nitrogens with one attached hydrogen (secondary N) is 1. The van der Waals surface area contributed by atoms with Gasteiger partial charge in [-0.25, -0.2) is 4.98 Å². The van der Waals surface area contributed by atoms with Gasteiger partial charge in [-0.3, -0.25) is 0 Å². The van der Waals surface area contributed by atoms with E-state index in [2.05, 4.69) is 16.0 Å². The second-order valence-electron chi connectivity index (χ2n) is 5.51. The molecule has 0 fully saturated rings. The van der Waals surface area contributed by atoms with Crippen molar-refractivity contribution in [2.24, 2.45) is 5.73 Å². The Balaban J connectivity index is 1.97. The Morgan fingerprint density at radius 3 is 2.52 bits per heavy atom. The number of nitrogens with two attached hydrogens (primary N) is 1. The summed E-state index contributed by atoms with van der Waals surface area (Å²) in [5.74, 6) is 0.714. The SMILES string of the molecule is CO[C@H](C)[C@H](N)c1nc2ccc(-c3ccc(C#N)cc3)cc2[nH]1. The number of hydrogen-bond acceptors (Lipinski definition) is 4. The van der Waals surface area contributed by atoms with E-state index in [1.165, 1.54) is 0 Å². The molecule has 0 aliphatic rings. The highest BCUT2D eigenvalue weighted by atomic mass is 16.5. The molecule has 116 valence electrons. The molecule has 1 heterocycles. The van der Waals surface area contributed by atoms with E-state index >= 15 is 0 Å². The molecule has 0 radical (unpaired) electrons. The number of imidazole rings is 1. The predicted octanol–water partition coefficient (Wildman–Crippen LogP) is 3.14. The van der Waals surface area contributed by atoms with Gasteiger partial charge in [0.25, 0.3) is 0 Å². The summed E-state index contributed by atoms with van der Waals surface area (Å²) in [6.45, 7) is 1.92. The van der Waals surface area contributed by atoms with Gasteiger partial charge in [0.2, 0.25) is 0 Å². The molecule has 3 N–H and O–H groups in total. The second kappa shape index (κ2) is 6.21. The summed E-state index contributed by atoms with van der Waals surface area (Å²) >= 11 is 0. The number of ether oxygens (including phenoxy) is 1. The van der Waals surface area contributed by atoms with Crippen molar-refractivity contribution in [1.29, 1.82) is 5.26 Å². The number of aromatic nitrogens is 2. The maximum absolute atomic E-state index is 8.87. The lowest BCUT2D eigenvalue weighted by Crippen LogP contribution is -2.26. The zero-order valence-corrected chi connectivity index (χ0v) is 13.1. The van der Waals surface area contributed by atoms with Crippen molar-refractivity contribution in [2.45, 2.75) is 19.1 Å². The van der Waals surface area contributed by atoms with Crippen LogP contribution in [0.5, 0.6) is 0 Å². The Labute approximate surface area is 134 Å². The number of aromatic amines is 1. The third kappa shape index (κ3) is 2.95. The third-order valence-electron chi connectivity index (χ3n) is 4.04. The van der Waals surface area contributed by atoms with Crippen LogP contribution < -0.4 is 5.73 Å². The molecule has 0 bridgehead atoms. The average Bonchev–Trinajstić information content (AvgIpc) is 3.03. The highest BCUT2D eigenvalue weighted by Crippen LogP contribution is 2.25. The number of nitrogens with zero attached hydrogens (tertiary/aromatic N) is 2. The standard InChI is InChI=1S/C18H18N4O/c1-11(23-2)17(20)18-21-15-8-7-14(9-16(15)22-18)13-5-3-12(10-19)4-6-13/h3-9,11,17H,20H2,1-2H3,(H,21,22)/t11-,17+/m1/s1. The molecule has 3 aromatic rings. The van der Waals surface area contributed by atoms with Crippen LogP contribution >= 0.6 is 0 Å². The number of rotatable bonds is 4. The third-order valence-corrected chi connectivity index (χ3v) is 4.04. The maximum atomic E-state index is 8.87. The summed E-state index contributed by atoms with van der Waals surface area (Å²) in [6.07, 6.45) is -0.117. The number of methoxy groups -OCH3 is 1. The Morgan fingerprint density at radius 1 is 1.17 bits per heavy atom. The minimum absolute atomic E-state index is 0.117. The highest BCUT2D eigenvalue weighted by molar-refractivity contribution is 5.82. The molecular formula is C18H18N4O. The van der Waals surface area contributed by atoms with Crippen LogP contribution in [0, 0.1) is 11.3 Å². The van der Waals surface area contributed by atoms with Crippen molar-refractivity contribution >= 4 is 11.0 Å². The number of nitriles is 1. The van der Waals surface area contributed by atoms with Crippen LogP contribution in [-0.2, 0) is 4.74 Å². The summed E-state index contributed by atoms with van der Waals surface area (Å²) in [5, 5.41) is 8.87. The molecule has 2 aromatic carbocycles. The summed E-state index contributed by atoms with van der Waals surface area (Å²) in [7, 11) is 1.64.